The Morgan fingerprint density at radius 2 is 2.11 bits per heavy atom. The van der Waals surface area contributed by atoms with Crippen LogP contribution in [0.2, 0.25) is 0 Å². The van der Waals surface area contributed by atoms with Gasteiger partial charge in [-0.15, -0.1) is 0 Å². The van der Waals surface area contributed by atoms with E-state index in [1.54, 1.807) is 18.2 Å². The van der Waals surface area contributed by atoms with Crippen LogP contribution in [-0.2, 0) is 0 Å². The average Bonchev–Trinajstić information content (AvgIpc) is 2.83. The van der Waals surface area contributed by atoms with Gasteiger partial charge < -0.3 is 10.4 Å². The number of hydrogen-bond donors (Lipinski definition) is 3. The number of aliphatic hydroxyl groups excluding tert-OH is 1. The van der Waals surface area contributed by atoms with E-state index < -0.39 is 0 Å². The predicted octanol–water partition coefficient (Wildman–Crippen LogP) is 1.10. The van der Waals surface area contributed by atoms with Crippen LogP contribution in [0.25, 0.3) is 11.0 Å². The van der Waals surface area contributed by atoms with Crippen molar-refractivity contribution in [2.24, 2.45) is 5.41 Å². The van der Waals surface area contributed by atoms with E-state index in [9.17, 15) is 4.79 Å². The Bertz CT molecular complexity index is 577. The van der Waals surface area contributed by atoms with Crippen LogP contribution in [0.4, 0.5) is 0 Å². The van der Waals surface area contributed by atoms with Gasteiger partial charge in [-0.3, -0.25) is 4.79 Å². The van der Waals surface area contributed by atoms with Gasteiger partial charge in [0.25, 0.3) is 5.91 Å². The summed E-state index contributed by atoms with van der Waals surface area (Å²) < 4.78 is 0. The molecule has 1 aromatic heterocycles. The maximum atomic E-state index is 12.0. The van der Waals surface area contributed by atoms with Gasteiger partial charge >= 0.3 is 0 Å². The molecule has 0 fully saturated rings. The maximum Gasteiger partial charge on any atom is 0.251 e. The molecule has 0 aliphatic heterocycles. The summed E-state index contributed by atoms with van der Waals surface area (Å²) in [5.74, 6) is -0.143. The number of H-pyrrole nitrogens is 1. The van der Waals surface area contributed by atoms with Crippen LogP contribution >= 0.6 is 0 Å². The van der Waals surface area contributed by atoms with E-state index in [0.29, 0.717) is 24.0 Å². The van der Waals surface area contributed by atoms with E-state index in [1.165, 1.54) is 0 Å². The Kier molecular flexibility index (Phi) is 3.80. The largest absolute Gasteiger partial charge is 0.396 e. The molecule has 0 unspecified atom stereocenters. The predicted molar refractivity (Wildman–Crippen MR) is 71.7 cm³/mol. The molecule has 1 heterocycles. The van der Waals surface area contributed by atoms with Crippen LogP contribution in [0, 0.1) is 5.41 Å². The number of aromatic nitrogens is 3. The van der Waals surface area contributed by atoms with Crippen molar-refractivity contribution in [3.05, 3.63) is 23.8 Å². The van der Waals surface area contributed by atoms with Crippen LogP contribution in [0.1, 0.15) is 30.6 Å². The zero-order chi connectivity index (χ0) is 13.9. The minimum Gasteiger partial charge on any atom is -0.396 e. The molecular formula is C13H18N4O2. The number of amides is 1. The van der Waals surface area contributed by atoms with E-state index in [0.717, 1.165) is 5.52 Å². The SMILES string of the molecule is CC(C)(CCO)CNC(=O)c1ccc2n[nH]nc2c1. The number of benzene rings is 1. The Morgan fingerprint density at radius 1 is 1.37 bits per heavy atom. The van der Waals surface area contributed by atoms with E-state index in [1.807, 2.05) is 13.8 Å². The number of nitrogens with one attached hydrogen (secondary N) is 2. The van der Waals surface area contributed by atoms with Gasteiger partial charge in [-0.2, -0.15) is 15.4 Å². The number of hydrogen-bond acceptors (Lipinski definition) is 4. The molecule has 2 rings (SSSR count). The number of rotatable bonds is 5. The third kappa shape index (κ3) is 3.29. The molecule has 6 heteroatoms. The zero-order valence-electron chi connectivity index (χ0n) is 11.1. The highest BCUT2D eigenvalue weighted by Crippen LogP contribution is 2.18. The lowest BCUT2D eigenvalue weighted by molar-refractivity contribution is 0.0928. The van der Waals surface area contributed by atoms with Crippen molar-refractivity contribution in [3.63, 3.8) is 0 Å². The first-order chi connectivity index (χ1) is 9.02. The molecule has 0 atom stereocenters. The molecule has 1 aromatic carbocycles. The smallest absolute Gasteiger partial charge is 0.251 e. The number of aliphatic hydroxyl groups is 1. The van der Waals surface area contributed by atoms with Gasteiger partial charge in [0.05, 0.1) is 0 Å². The Labute approximate surface area is 111 Å². The fourth-order valence-electron chi connectivity index (χ4n) is 1.79. The molecule has 0 radical (unpaired) electrons. The number of carbonyl (C=O) groups excluding carboxylic acids is 1. The van der Waals surface area contributed by atoms with E-state index in [-0.39, 0.29) is 17.9 Å². The van der Waals surface area contributed by atoms with Crippen LogP contribution in [0.5, 0.6) is 0 Å². The zero-order valence-corrected chi connectivity index (χ0v) is 11.1. The number of aromatic amines is 1. The third-order valence-electron chi connectivity index (χ3n) is 3.09. The van der Waals surface area contributed by atoms with Crippen molar-refractivity contribution >= 4 is 16.9 Å². The van der Waals surface area contributed by atoms with Crippen LogP contribution in [0.3, 0.4) is 0 Å². The summed E-state index contributed by atoms with van der Waals surface area (Å²) in [5, 5.41) is 22.2. The highest BCUT2D eigenvalue weighted by molar-refractivity contribution is 5.97. The Morgan fingerprint density at radius 3 is 2.84 bits per heavy atom. The molecule has 0 aliphatic rings. The first-order valence-electron chi connectivity index (χ1n) is 6.21. The molecule has 1 amide bonds. The fraction of sp³-hybridized carbons (Fsp3) is 0.462. The fourth-order valence-corrected chi connectivity index (χ4v) is 1.79. The highest BCUT2D eigenvalue weighted by atomic mass is 16.3. The standard InChI is InChI=1S/C13H18N4O2/c1-13(2,5-6-18)8-14-12(19)9-3-4-10-11(7-9)16-17-15-10/h3-4,7,18H,5-6,8H2,1-2H3,(H,14,19)(H,15,16,17). The van der Waals surface area contributed by atoms with Crippen molar-refractivity contribution in [1.29, 1.82) is 0 Å². The second kappa shape index (κ2) is 5.36. The van der Waals surface area contributed by atoms with Crippen molar-refractivity contribution in [2.45, 2.75) is 20.3 Å². The summed E-state index contributed by atoms with van der Waals surface area (Å²) >= 11 is 0. The minimum absolute atomic E-state index is 0.119. The molecule has 3 N–H and O–H groups in total. The molecule has 0 saturated heterocycles. The first kappa shape index (κ1) is 13.5. The monoisotopic (exact) mass is 262 g/mol. The second-order valence-corrected chi connectivity index (χ2v) is 5.35. The summed E-state index contributed by atoms with van der Waals surface area (Å²) in [5.41, 5.74) is 1.84. The van der Waals surface area contributed by atoms with Crippen molar-refractivity contribution in [3.8, 4) is 0 Å². The molecule has 2 aromatic rings. The minimum atomic E-state index is -0.143. The van der Waals surface area contributed by atoms with Gasteiger partial charge in [0.2, 0.25) is 0 Å². The molecule has 0 bridgehead atoms. The maximum absolute atomic E-state index is 12.0. The molecule has 0 saturated carbocycles. The summed E-state index contributed by atoms with van der Waals surface area (Å²) in [6.07, 6.45) is 0.648. The van der Waals surface area contributed by atoms with Crippen LogP contribution < -0.4 is 5.32 Å². The summed E-state index contributed by atoms with van der Waals surface area (Å²) in [4.78, 5) is 12.0. The van der Waals surface area contributed by atoms with Gasteiger partial charge in [-0.1, -0.05) is 13.8 Å². The first-order valence-corrected chi connectivity index (χ1v) is 6.21. The molecule has 0 spiro atoms. The van der Waals surface area contributed by atoms with Gasteiger partial charge in [0.1, 0.15) is 11.0 Å². The summed E-state index contributed by atoms with van der Waals surface area (Å²) in [6, 6.07) is 5.18. The highest BCUT2D eigenvalue weighted by Gasteiger charge is 2.18. The molecular weight excluding hydrogens is 244 g/mol. The van der Waals surface area contributed by atoms with Gasteiger partial charge in [0, 0.05) is 18.7 Å². The van der Waals surface area contributed by atoms with Gasteiger partial charge in [-0.05, 0) is 30.0 Å². The second-order valence-electron chi connectivity index (χ2n) is 5.35. The summed E-state index contributed by atoms with van der Waals surface area (Å²) in [7, 11) is 0. The normalized spacial score (nSPS) is 11.7. The van der Waals surface area contributed by atoms with Crippen LogP contribution in [0.15, 0.2) is 18.2 Å². The van der Waals surface area contributed by atoms with Crippen molar-refractivity contribution in [2.75, 3.05) is 13.2 Å². The topological polar surface area (TPSA) is 90.9 Å². The molecule has 102 valence electrons. The van der Waals surface area contributed by atoms with Crippen LogP contribution in [-0.4, -0.2) is 39.6 Å². The van der Waals surface area contributed by atoms with E-state index >= 15 is 0 Å². The number of carbonyl (C=O) groups is 1. The average molecular weight is 262 g/mol. The van der Waals surface area contributed by atoms with E-state index in [4.69, 9.17) is 5.11 Å². The number of nitrogens with zero attached hydrogens (tertiary/aromatic N) is 2. The van der Waals surface area contributed by atoms with Crippen molar-refractivity contribution in [1.82, 2.24) is 20.7 Å². The lowest BCUT2D eigenvalue weighted by atomic mass is 9.89. The van der Waals surface area contributed by atoms with Gasteiger partial charge in [0.15, 0.2) is 0 Å². The number of fused-ring (bicyclic) bond motifs is 1. The van der Waals surface area contributed by atoms with E-state index in [2.05, 4.69) is 20.7 Å². The van der Waals surface area contributed by atoms with Crippen molar-refractivity contribution < 1.29 is 9.90 Å². The Balaban J connectivity index is 2.03. The lowest BCUT2D eigenvalue weighted by Gasteiger charge is -2.23. The third-order valence-corrected chi connectivity index (χ3v) is 3.09. The summed E-state index contributed by atoms with van der Waals surface area (Å²) in [6.45, 7) is 4.64. The lowest BCUT2D eigenvalue weighted by Crippen LogP contribution is -2.34. The Hall–Kier alpha value is -1.95. The quantitative estimate of drug-likeness (QED) is 0.752. The molecule has 19 heavy (non-hydrogen) atoms. The van der Waals surface area contributed by atoms with Gasteiger partial charge in [-0.25, -0.2) is 0 Å². The molecule has 0 aliphatic carbocycles. The molecule has 6 nitrogen and oxygen atoms in total.